The zero-order valence-corrected chi connectivity index (χ0v) is 17.3. The molecule has 1 aromatic carbocycles. The van der Waals surface area contributed by atoms with Crippen molar-refractivity contribution in [1.82, 2.24) is 24.8 Å². The molecule has 3 aromatic heterocycles. The molecule has 4 heterocycles. The molecule has 4 aromatic rings. The van der Waals surface area contributed by atoms with E-state index in [4.69, 9.17) is 18.6 Å². The van der Waals surface area contributed by atoms with Crippen molar-refractivity contribution in [2.24, 2.45) is 5.73 Å². The monoisotopic (exact) mass is 409 g/mol. The van der Waals surface area contributed by atoms with Crippen LogP contribution in [-0.2, 0) is 13.1 Å². The number of anilines is 1. The van der Waals surface area contributed by atoms with Gasteiger partial charge in [-0.1, -0.05) is 35.8 Å². The molecule has 31 heavy (non-hydrogen) atoms. The third-order valence-corrected chi connectivity index (χ3v) is 5.80. The number of fused-ring (bicyclic) bond motifs is 1. The van der Waals surface area contributed by atoms with Crippen LogP contribution in [0.2, 0.25) is 0 Å². The fourth-order valence-electron chi connectivity index (χ4n) is 4.11. The first-order chi connectivity index (χ1) is 15.2. The molecular formula is C23H24BN7. The predicted molar refractivity (Wildman–Crippen MR) is 124 cm³/mol. The summed E-state index contributed by atoms with van der Waals surface area (Å²) >= 11 is 0. The van der Waals surface area contributed by atoms with Crippen molar-refractivity contribution in [3.63, 3.8) is 0 Å². The number of imidazole rings is 1. The van der Waals surface area contributed by atoms with Crippen LogP contribution in [0.15, 0.2) is 55.0 Å². The van der Waals surface area contributed by atoms with Crippen molar-refractivity contribution in [1.29, 1.82) is 0 Å². The zero-order valence-electron chi connectivity index (χ0n) is 17.3. The summed E-state index contributed by atoms with van der Waals surface area (Å²) in [5.74, 6) is 0.785. The number of nitrogens with one attached hydrogen (secondary N) is 1. The highest BCUT2D eigenvalue weighted by Crippen LogP contribution is 2.26. The van der Waals surface area contributed by atoms with Crippen molar-refractivity contribution >= 4 is 30.2 Å². The highest BCUT2D eigenvalue weighted by Gasteiger charge is 2.22. The Hall–Kier alpha value is -3.23. The molecular weight excluding hydrogens is 385 g/mol. The van der Waals surface area contributed by atoms with E-state index in [1.54, 1.807) is 6.20 Å². The standard InChI is InChI=1S/C23H24BN7/c24-19-14-27-23-20(28-22(29-23)18-5-3-16(12-25)4-6-18)21(19)31-10-8-30(9-11-31)15-17-2-1-7-26-13-17/h1-7,13-14H,8-12,15,25H2,(H,27,28,29). The minimum Gasteiger partial charge on any atom is -0.368 e. The SMILES string of the molecule is [B]c1cnc2nc(-c3ccc(CN)cc3)[nH]c2c1N1CCN(Cc2cccnc2)CC1. The first-order valence-electron chi connectivity index (χ1n) is 10.5. The number of rotatable bonds is 5. The van der Waals surface area contributed by atoms with E-state index in [0.29, 0.717) is 17.7 Å². The summed E-state index contributed by atoms with van der Waals surface area (Å²) in [7, 11) is 6.37. The number of H-pyrrole nitrogens is 1. The molecule has 0 spiro atoms. The van der Waals surface area contributed by atoms with Gasteiger partial charge in [0.25, 0.3) is 0 Å². The van der Waals surface area contributed by atoms with E-state index in [1.165, 1.54) is 5.56 Å². The smallest absolute Gasteiger partial charge is 0.180 e. The largest absolute Gasteiger partial charge is 0.368 e. The summed E-state index contributed by atoms with van der Waals surface area (Å²) in [5.41, 5.74) is 12.3. The van der Waals surface area contributed by atoms with E-state index in [1.807, 2.05) is 42.7 Å². The first kappa shape index (κ1) is 19.7. The lowest BCUT2D eigenvalue weighted by Crippen LogP contribution is -2.47. The summed E-state index contributed by atoms with van der Waals surface area (Å²) in [6, 6.07) is 12.2. The van der Waals surface area contributed by atoms with Crippen LogP contribution >= 0.6 is 0 Å². The van der Waals surface area contributed by atoms with Crippen LogP contribution in [0.3, 0.4) is 0 Å². The number of hydrogen-bond acceptors (Lipinski definition) is 6. The number of hydrogen-bond donors (Lipinski definition) is 2. The fraction of sp³-hybridized carbons (Fsp3) is 0.261. The molecule has 1 saturated heterocycles. The van der Waals surface area contributed by atoms with Crippen molar-refractivity contribution < 1.29 is 0 Å². The first-order valence-corrected chi connectivity index (χ1v) is 10.5. The Labute approximate surface area is 182 Å². The highest BCUT2D eigenvalue weighted by atomic mass is 15.3. The molecule has 0 amide bonds. The number of aromatic nitrogens is 4. The second-order valence-corrected chi connectivity index (χ2v) is 7.87. The molecule has 1 fully saturated rings. The summed E-state index contributed by atoms with van der Waals surface area (Å²) in [6.45, 7) is 5.14. The third kappa shape index (κ3) is 4.04. The number of nitrogens with zero attached hydrogens (tertiary/aromatic N) is 5. The Morgan fingerprint density at radius 3 is 2.52 bits per heavy atom. The van der Waals surface area contributed by atoms with Crippen molar-refractivity contribution in [2.75, 3.05) is 31.1 Å². The molecule has 0 atom stereocenters. The molecule has 5 rings (SSSR count). The van der Waals surface area contributed by atoms with Crippen LogP contribution in [0, 0.1) is 0 Å². The Kier molecular flexibility index (Phi) is 5.40. The number of nitrogens with two attached hydrogens (primary N) is 1. The zero-order chi connectivity index (χ0) is 21.2. The Balaban J connectivity index is 1.38. The molecule has 1 aliphatic rings. The maximum absolute atomic E-state index is 6.37. The van der Waals surface area contributed by atoms with Gasteiger partial charge in [0.1, 0.15) is 19.2 Å². The van der Waals surface area contributed by atoms with E-state index in [2.05, 4.69) is 30.8 Å². The van der Waals surface area contributed by atoms with Crippen molar-refractivity contribution in [3.8, 4) is 11.4 Å². The second kappa shape index (κ2) is 8.49. The molecule has 0 saturated carbocycles. The number of benzene rings is 1. The van der Waals surface area contributed by atoms with Gasteiger partial charge in [-0.2, -0.15) is 0 Å². The minimum absolute atomic E-state index is 0.523. The lowest BCUT2D eigenvalue weighted by atomic mass is 9.95. The van der Waals surface area contributed by atoms with Crippen LogP contribution in [-0.4, -0.2) is 58.9 Å². The molecule has 3 N–H and O–H groups in total. The van der Waals surface area contributed by atoms with E-state index in [9.17, 15) is 0 Å². The average Bonchev–Trinajstić information content (AvgIpc) is 3.25. The highest BCUT2D eigenvalue weighted by molar-refractivity contribution is 6.37. The van der Waals surface area contributed by atoms with Gasteiger partial charge in [-0.15, -0.1) is 0 Å². The van der Waals surface area contributed by atoms with Gasteiger partial charge >= 0.3 is 0 Å². The normalized spacial score (nSPS) is 14.9. The molecule has 8 heteroatoms. The number of piperazine rings is 1. The molecule has 0 bridgehead atoms. The maximum atomic E-state index is 6.37. The molecule has 2 radical (unpaired) electrons. The second-order valence-electron chi connectivity index (χ2n) is 7.87. The van der Waals surface area contributed by atoms with Gasteiger partial charge in [0.05, 0.1) is 5.69 Å². The van der Waals surface area contributed by atoms with E-state index in [-0.39, 0.29) is 0 Å². The predicted octanol–water partition coefficient (Wildman–Crippen LogP) is 1.59. The van der Waals surface area contributed by atoms with Gasteiger partial charge in [-0.3, -0.25) is 9.88 Å². The minimum atomic E-state index is 0.523. The molecule has 1 aliphatic heterocycles. The molecule has 0 aliphatic carbocycles. The van der Waals surface area contributed by atoms with Crippen molar-refractivity contribution in [3.05, 3.63) is 66.1 Å². The summed E-state index contributed by atoms with van der Waals surface area (Å²) in [4.78, 5) is 21.6. The Bertz CT molecular complexity index is 1170. The van der Waals surface area contributed by atoms with Crippen LogP contribution in [0.25, 0.3) is 22.6 Å². The summed E-state index contributed by atoms with van der Waals surface area (Å²) in [6.07, 6.45) is 5.45. The third-order valence-electron chi connectivity index (χ3n) is 5.80. The maximum Gasteiger partial charge on any atom is 0.180 e. The van der Waals surface area contributed by atoms with Crippen LogP contribution < -0.4 is 16.1 Å². The van der Waals surface area contributed by atoms with Gasteiger partial charge in [0, 0.05) is 63.4 Å². The summed E-state index contributed by atoms with van der Waals surface area (Å²) < 4.78 is 0. The van der Waals surface area contributed by atoms with Gasteiger partial charge in [0.2, 0.25) is 0 Å². The lowest BCUT2D eigenvalue weighted by Gasteiger charge is -2.37. The summed E-state index contributed by atoms with van der Waals surface area (Å²) in [5, 5.41) is 0. The van der Waals surface area contributed by atoms with E-state index in [0.717, 1.165) is 60.9 Å². The Morgan fingerprint density at radius 2 is 1.81 bits per heavy atom. The van der Waals surface area contributed by atoms with Gasteiger partial charge in [-0.05, 0) is 17.2 Å². The van der Waals surface area contributed by atoms with Crippen LogP contribution in [0.1, 0.15) is 11.1 Å². The van der Waals surface area contributed by atoms with Crippen molar-refractivity contribution in [2.45, 2.75) is 13.1 Å². The average molecular weight is 409 g/mol. The molecule has 7 nitrogen and oxygen atoms in total. The topological polar surface area (TPSA) is 87.0 Å². The number of aromatic amines is 1. The van der Waals surface area contributed by atoms with Gasteiger partial charge < -0.3 is 15.6 Å². The van der Waals surface area contributed by atoms with Gasteiger partial charge in [-0.25, -0.2) is 9.97 Å². The Morgan fingerprint density at radius 1 is 1.00 bits per heavy atom. The molecule has 154 valence electrons. The fourth-order valence-corrected chi connectivity index (χ4v) is 4.11. The van der Waals surface area contributed by atoms with Crippen LogP contribution in [0.5, 0.6) is 0 Å². The number of pyridine rings is 2. The molecule has 0 unspecified atom stereocenters. The van der Waals surface area contributed by atoms with Crippen LogP contribution in [0.4, 0.5) is 5.69 Å². The van der Waals surface area contributed by atoms with Gasteiger partial charge in [0.15, 0.2) is 5.65 Å². The lowest BCUT2D eigenvalue weighted by molar-refractivity contribution is 0.250. The van der Waals surface area contributed by atoms with E-state index < -0.39 is 0 Å². The quantitative estimate of drug-likeness (QED) is 0.487. The van der Waals surface area contributed by atoms with E-state index >= 15 is 0 Å².